The van der Waals surface area contributed by atoms with Crippen LogP contribution in [-0.2, 0) is 27.1 Å². The zero-order chi connectivity index (χ0) is 12.8. The minimum absolute atomic E-state index is 0.118. The molecule has 0 aliphatic heterocycles. The molecule has 18 heavy (non-hydrogen) atoms. The van der Waals surface area contributed by atoms with E-state index in [-0.39, 0.29) is 6.10 Å². The van der Waals surface area contributed by atoms with Gasteiger partial charge in [-0.2, -0.15) is 8.42 Å². The molecule has 0 radical (unpaired) electrons. The highest BCUT2D eigenvalue weighted by atomic mass is 32.2. The molecule has 0 spiro atoms. The van der Waals surface area contributed by atoms with Crippen molar-refractivity contribution in [3.05, 3.63) is 35.4 Å². The van der Waals surface area contributed by atoms with Crippen LogP contribution in [0.1, 0.15) is 24.0 Å². The van der Waals surface area contributed by atoms with E-state index in [1.165, 1.54) is 11.1 Å². The lowest BCUT2D eigenvalue weighted by atomic mass is 9.94. The summed E-state index contributed by atoms with van der Waals surface area (Å²) in [5.41, 5.74) is 2.73. The Morgan fingerprint density at radius 2 is 1.56 bits per heavy atom. The highest BCUT2D eigenvalue weighted by molar-refractivity contribution is 7.86. The minimum Gasteiger partial charge on any atom is -0.266 e. The maximum absolute atomic E-state index is 11.4. The molecule has 2 aliphatic carbocycles. The second kappa shape index (κ2) is 4.35. The van der Waals surface area contributed by atoms with Crippen LogP contribution >= 0.6 is 0 Å². The third kappa shape index (κ3) is 2.31. The van der Waals surface area contributed by atoms with Gasteiger partial charge >= 0.3 is 0 Å². The van der Waals surface area contributed by atoms with Crippen LogP contribution in [0.25, 0.3) is 0 Å². The molecule has 0 heterocycles. The second-order valence-corrected chi connectivity index (χ2v) is 7.14. The Hall–Kier alpha value is -0.870. The average molecular weight is 266 g/mol. The van der Waals surface area contributed by atoms with Crippen LogP contribution in [0, 0.1) is 11.8 Å². The molecule has 4 heteroatoms. The Bertz CT molecular complexity index is 517. The van der Waals surface area contributed by atoms with Gasteiger partial charge in [-0.1, -0.05) is 24.3 Å². The molecule has 1 aromatic carbocycles. The van der Waals surface area contributed by atoms with Gasteiger partial charge in [0.15, 0.2) is 0 Å². The molecule has 2 aliphatic rings. The van der Waals surface area contributed by atoms with Gasteiger partial charge in [-0.05, 0) is 48.6 Å². The summed E-state index contributed by atoms with van der Waals surface area (Å²) in [6.07, 6.45) is 5.11. The summed E-state index contributed by atoms with van der Waals surface area (Å²) in [4.78, 5) is 0. The van der Waals surface area contributed by atoms with Gasteiger partial charge in [-0.3, -0.25) is 4.18 Å². The third-order valence-corrected chi connectivity index (χ3v) is 4.78. The van der Waals surface area contributed by atoms with E-state index in [2.05, 4.69) is 24.3 Å². The summed E-state index contributed by atoms with van der Waals surface area (Å²) >= 11 is 0. The lowest BCUT2D eigenvalue weighted by Gasteiger charge is -2.20. The monoisotopic (exact) mass is 266 g/mol. The molecule has 1 saturated carbocycles. The summed E-state index contributed by atoms with van der Waals surface area (Å²) < 4.78 is 28.1. The minimum atomic E-state index is -3.35. The fraction of sp³-hybridized carbons (Fsp3) is 0.571. The first-order valence-corrected chi connectivity index (χ1v) is 8.29. The van der Waals surface area contributed by atoms with Gasteiger partial charge in [-0.25, -0.2) is 0 Å². The van der Waals surface area contributed by atoms with Crippen molar-refractivity contribution in [2.75, 3.05) is 6.26 Å². The Balaban J connectivity index is 1.91. The first-order chi connectivity index (χ1) is 8.53. The quantitative estimate of drug-likeness (QED) is 0.770. The van der Waals surface area contributed by atoms with E-state index < -0.39 is 10.1 Å². The Morgan fingerprint density at radius 3 is 2.00 bits per heavy atom. The summed E-state index contributed by atoms with van der Waals surface area (Å²) in [7, 11) is -3.35. The van der Waals surface area contributed by atoms with E-state index in [0.717, 1.165) is 31.9 Å². The lowest BCUT2D eigenvalue weighted by Crippen LogP contribution is -2.28. The lowest BCUT2D eigenvalue weighted by molar-refractivity contribution is 0.129. The Labute approximate surface area is 108 Å². The molecule has 1 aromatic rings. The fourth-order valence-electron chi connectivity index (χ4n) is 3.46. The number of hydrogen-bond donors (Lipinski definition) is 0. The van der Waals surface area contributed by atoms with Crippen LogP contribution in [0.5, 0.6) is 0 Å². The van der Waals surface area contributed by atoms with E-state index in [9.17, 15) is 8.42 Å². The normalized spacial score (nSPS) is 30.8. The van der Waals surface area contributed by atoms with E-state index in [0.29, 0.717) is 11.8 Å². The number of hydrogen-bond acceptors (Lipinski definition) is 3. The van der Waals surface area contributed by atoms with Crippen molar-refractivity contribution in [2.45, 2.75) is 31.8 Å². The molecule has 3 rings (SSSR count). The van der Waals surface area contributed by atoms with E-state index >= 15 is 0 Å². The molecular weight excluding hydrogens is 248 g/mol. The van der Waals surface area contributed by atoms with E-state index in [4.69, 9.17) is 4.18 Å². The van der Waals surface area contributed by atoms with Crippen molar-refractivity contribution in [1.82, 2.24) is 0 Å². The standard InChI is InChI=1S/C14H18O3S/c1-18(15,16)17-14-12-6-7-13(14)9-11-5-3-2-4-10(11)8-12/h2-5,12-14H,6-9H2,1H3. The number of rotatable bonds is 2. The van der Waals surface area contributed by atoms with Crippen molar-refractivity contribution in [3.63, 3.8) is 0 Å². The molecule has 2 unspecified atom stereocenters. The number of fused-ring (bicyclic) bond motifs is 3. The van der Waals surface area contributed by atoms with Gasteiger partial charge in [0, 0.05) is 0 Å². The van der Waals surface area contributed by atoms with Crippen LogP contribution in [0.4, 0.5) is 0 Å². The maximum atomic E-state index is 11.4. The smallest absolute Gasteiger partial charge is 0.264 e. The fourth-order valence-corrected chi connectivity index (χ4v) is 4.18. The predicted molar refractivity (Wildman–Crippen MR) is 69.8 cm³/mol. The van der Waals surface area contributed by atoms with Crippen molar-refractivity contribution in [1.29, 1.82) is 0 Å². The van der Waals surface area contributed by atoms with E-state index in [1.807, 2.05) is 0 Å². The first-order valence-electron chi connectivity index (χ1n) is 6.48. The van der Waals surface area contributed by atoms with Gasteiger partial charge in [0.05, 0.1) is 12.4 Å². The summed E-state index contributed by atoms with van der Waals surface area (Å²) in [5, 5.41) is 0. The van der Waals surface area contributed by atoms with Crippen LogP contribution < -0.4 is 0 Å². The van der Waals surface area contributed by atoms with Crippen LogP contribution in [0.2, 0.25) is 0 Å². The summed E-state index contributed by atoms with van der Waals surface area (Å²) in [5.74, 6) is 0.710. The van der Waals surface area contributed by atoms with Gasteiger partial charge in [0.1, 0.15) is 0 Å². The molecule has 2 bridgehead atoms. The topological polar surface area (TPSA) is 43.4 Å². The summed E-state index contributed by atoms with van der Waals surface area (Å²) in [6, 6.07) is 8.44. The van der Waals surface area contributed by atoms with Crippen LogP contribution in [0.15, 0.2) is 24.3 Å². The maximum Gasteiger partial charge on any atom is 0.264 e. The summed E-state index contributed by atoms with van der Waals surface area (Å²) in [6.45, 7) is 0. The highest BCUT2D eigenvalue weighted by Crippen LogP contribution is 2.42. The zero-order valence-corrected chi connectivity index (χ0v) is 11.3. The number of benzene rings is 1. The van der Waals surface area contributed by atoms with E-state index in [1.54, 1.807) is 0 Å². The van der Waals surface area contributed by atoms with Crippen molar-refractivity contribution < 1.29 is 12.6 Å². The molecule has 3 nitrogen and oxygen atoms in total. The molecule has 0 N–H and O–H groups in total. The van der Waals surface area contributed by atoms with Gasteiger partial charge < -0.3 is 0 Å². The molecular formula is C14H18O3S. The molecule has 0 saturated heterocycles. The van der Waals surface area contributed by atoms with Crippen LogP contribution in [-0.4, -0.2) is 20.8 Å². The Morgan fingerprint density at radius 1 is 1.06 bits per heavy atom. The zero-order valence-electron chi connectivity index (χ0n) is 10.5. The van der Waals surface area contributed by atoms with Crippen molar-refractivity contribution in [2.24, 2.45) is 11.8 Å². The highest BCUT2D eigenvalue weighted by Gasteiger charge is 2.41. The van der Waals surface area contributed by atoms with Crippen molar-refractivity contribution >= 4 is 10.1 Å². The third-order valence-electron chi connectivity index (χ3n) is 4.21. The van der Waals surface area contributed by atoms with Gasteiger partial charge in [0.2, 0.25) is 0 Å². The largest absolute Gasteiger partial charge is 0.266 e. The molecule has 98 valence electrons. The molecule has 1 fully saturated rings. The van der Waals surface area contributed by atoms with Crippen LogP contribution in [0.3, 0.4) is 0 Å². The van der Waals surface area contributed by atoms with Gasteiger partial charge in [-0.15, -0.1) is 0 Å². The Kier molecular flexibility index (Phi) is 2.94. The predicted octanol–water partition coefficient (Wildman–Crippen LogP) is 2.16. The molecule has 0 aromatic heterocycles. The average Bonchev–Trinajstić information content (AvgIpc) is 2.54. The van der Waals surface area contributed by atoms with Gasteiger partial charge in [0.25, 0.3) is 10.1 Å². The first kappa shape index (κ1) is 12.2. The molecule has 2 atom stereocenters. The SMILES string of the molecule is CS(=O)(=O)OC1C2CCC1Cc1ccccc1C2. The molecule has 0 amide bonds. The second-order valence-electron chi connectivity index (χ2n) is 5.54. The van der Waals surface area contributed by atoms with Crippen molar-refractivity contribution in [3.8, 4) is 0 Å².